The number of halogens is 3. The second-order valence-corrected chi connectivity index (χ2v) is 2.72. The third-order valence-corrected chi connectivity index (χ3v) is 1.79. The maximum Gasteiger partial charge on any atom is 0.194 e. The Morgan fingerprint density at radius 2 is 1.71 bits per heavy atom. The molecule has 0 saturated heterocycles. The van der Waals surface area contributed by atoms with Gasteiger partial charge in [-0.15, -0.1) is 0 Å². The first-order valence-corrected chi connectivity index (χ1v) is 3.82. The second-order valence-electron chi connectivity index (χ2n) is 2.72. The number of H-pyrrole nitrogens is 1. The van der Waals surface area contributed by atoms with E-state index >= 15 is 0 Å². The monoisotopic (exact) mass is 198 g/mol. The number of hydrogen-bond acceptors (Lipinski definition) is 1. The summed E-state index contributed by atoms with van der Waals surface area (Å²) in [5, 5.41) is 0. The molecule has 0 aliphatic rings. The highest BCUT2D eigenvalue weighted by molar-refractivity contribution is 5.58. The molecule has 1 heterocycles. The maximum atomic E-state index is 12.8. The van der Waals surface area contributed by atoms with Crippen LogP contribution in [-0.2, 0) is 0 Å². The molecule has 0 atom stereocenters. The van der Waals surface area contributed by atoms with Crippen molar-refractivity contribution in [3.8, 4) is 11.3 Å². The normalized spacial score (nSPS) is 10.5. The summed E-state index contributed by atoms with van der Waals surface area (Å²) in [5.41, 5.74) is 0.654. The van der Waals surface area contributed by atoms with E-state index in [4.69, 9.17) is 0 Å². The van der Waals surface area contributed by atoms with E-state index < -0.39 is 17.5 Å². The van der Waals surface area contributed by atoms with E-state index in [1.165, 1.54) is 12.5 Å². The van der Waals surface area contributed by atoms with Gasteiger partial charge in [0.25, 0.3) is 0 Å². The summed E-state index contributed by atoms with van der Waals surface area (Å²) in [6, 6.07) is 1.82. The van der Waals surface area contributed by atoms with Gasteiger partial charge in [-0.25, -0.2) is 18.2 Å². The van der Waals surface area contributed by atoms with Crippen molar-refractivity contribution in [2.75, 3.05) is 0 Å². The Hall–Kier alpha value is -1.78. The van der Waals surface area contributed by atoms with Gasteiger partial charge in [0.1, 0.15) is 0 Å². The molecule has 0 aliphatic heterocycles. The first kappa shape index (κ1) is 8.80. The number of nitrogens with one attached hydrogen (secondary N) is 1. The van der Waals surface area contributed by atoms with Crippen LogP contribution in [0.2, 0.25) is 0 Å². The molecule has 0 fully saturated rings. The van der Waals surface area contributed by atoms with Gasteiger partial charge >= 0.3 is 0 Å². The fourth-order valence-corrected chi connectivity index (χ4v) is 1.12. The number of rotatable bonds is 1. The van der Waals surface area contributed by atoms with Gasteiger partial charge in [0.2, 0.25) is 0 Å². The van der Waals surface area contributed by atoms with E-state index in [1.54, 1.807) is 0 Å². The summed E-state index contributed by atoms with van der Waals surface area (Å²) < 4.78 is 38.1. The van der Waals surface area contributed by atoms with E-state index in [0.717, 1.165) is 12.1 Å². The molecule has 1 aromatic heterocycles. The fourth-order valence-electron chi connectivity index (χ4n) is 1.12. The minimum atomic E-state index is -1.46. The highest BCUT2D eigenvalue weighted by Gasteiger charge is 2.11. The predicted molar refractivity (Wildman–Crippen MR) is 43.9 cm³/mol. The summed E-state index contributed by atoms with van der Waals surface area (Å²) in [4.78, 5) is 6.35. The van der Waals surface area contributed by atoms with Crippen molar-refractivity contribution in [2.45, 2.75) is 0 Å². The maximum absolute atomic E-state index is 12.8. The molecule has 0 unspecified atom stereocenters. The fraction of sp³-hybridized carbons (Fsp3) is 0. The van der Waals surface area contributed by atoms with Crippen LogP contribution in [0.3, 0.4) is 0 Å². The van der Waals surface area contributed by atoms with Crippen molar-refractivity contribution in [2.24, 2.45) is 0 Å². The van der Waals surface area contributed by atoms with Crippen molar-refractivity contribution < 1.29 is 13.2 Å². The van der Waals surface area contributed by atoms with E-state index in [9.17, 15) is 13.2 Å². The lowest BCUT2D eigenvalue weighted by atomic mass is 10.1. The Morgan fingerprint density at radius 3 is 2.21 bits per heavy atom. The molecule has 72 valence electrons. The lowest BCUT2D eigenvalue weighted by Crippen LogP contribution is -1.91. The van der Waals surface area contributed by atoms with E-state index in [2.05, 4.69) is 9.97 Å². The molecule has 2 nitrogen and oxygen atoms in total. The minimum absolute atomic E-state index is 0.221. The van der Waals surface area contributed by atoms with Gasteiger partial charge < -0.3 is 4.98 Å². The predicted octanol–water partition coefficient (Wildman–Crippen LogP) is 2.49. The summed E-state index contributed by atoms with van der Waals surface area (Å²) >= 11 is 0. The van der Waals surface area contributed by atoms with Crippen LogP contribution in [0.5, 0.6) is 0 Å². The van der Waals surface area contributed by atoms with Crippen LogP contribution < -0.4 is 0 Å². The number of aromatic nitrogens is 2. The Labute approximate surface area is 77.4 Å². The SMILES string of the molecule is Fc1cc(-c2cnc[nH]2)cc(F)c1F. The number of nitrogens with zero attached hydrogens (tertiary/aromatic N) is 1. The molecule has 1 aromatic carbocycles. The molecule has 0 spiro atoms. The van der Waals surface area contributed by atoms with Crippen LogP contribution in [0.1, 0.15) is 0 Å². The summed E-state index contributed by atoms with van der Waals surface area (Å²) in [6.07, 6.45) is 2.76. The molecule has 5 heteroatoms. The van der Waals surface area contributed by atoms with Gasteiger partial charge in [-0.05, 0) is 12.1 Å². The van der Waals surface area contributed by atoms with Crippen molar-refractivity contribution in [3.05, 3.63) is 42.1 Å². The van der Waals surface area contributed by atoms with Gasteiger partial charge in [-0.2, -0.15) is 0 Å². The molecule has 0 amide bonds. The third kappa shape index (κ3) is 1.37. The van der Waals surface area contributed by atoms with Gasteiger partial charge in [-0.3, -0.25) is 0 Å². The van der Waals surface area contributed by atoms with Crippen molar-refractivity contribution in [1.29, 1.82) is 0 Å². The Morgan fingerprint density at radius 1 is 1.07 bits per heavy atom. The largest absolute Gasteiger partial charge is 0.345 e. The quantitative estimate of drug-likeness (QED) is 0.700. The van der Waals surface area contributed by atoms with Crippen LogP contribution in [0.4, 0.5) is 13.2 Å². The number of imidazole rings is 1. The van der Waals surface area contributed by atoms with Crippen LogP contribution >= 0.6 is 0 Å². The Kier molecular flexibility index (Phi) is 1.99. The third-order valence-electron chi connectivity index (χ3n) is 1.79. The van der Waals surface area contributed by atoms with Crippen LogP contribution in [0, 0.1) is 17.5 Å². The minimum Gasteiger partial charge on any atom is -0.345 e. The number of benzene rings is 1. The molecule has 0 aliphatic carbocycles. The van der Waals surface area contributed by atoms with Crippen molar-refractivity contribution >= 4 is 0 Å². The highest BCUT2D eigenvalue weighted by Crippen LogP contribution is 2.21. The van der Waals surface area contributed by atoms with Gasteiger partial charge in [-0.1, -0.05) is 0 Å². The zero-order chi connectivity index (χ0) is 10.1. The van der Waals surface area contributed by atoms with Crippen LogP contribution in [-0.4, -0.2) is 9.97 Å². The average molecular weight is 198 g/mol. The molecule has 0 saturated carbocycles. The zero-order valence-corrected chi connectivity index (χ0v) is 6.89. The second kappa shape index (κ2) is 3.17. The smallest absolute Gasteiger partial charge is 0.194 e. The first-order chi connectivity index (χ1) is 6.68. The standard InChI is InChI=1S/C9H5F3N2/c10-6-1-5(2-7(11)9(6)12)8-3-13-4-14-8/h1-4H,(H,13,14). The molecule has 0 radical (unpaired) electrons. The zero-order valence-electron chi connectivity index (χ0n) is 6.89. The van der Waals surface area contributed by atoms with Gasteiger partial charge in [0.05, 0.1) is 18.2 Å². The highest BCUT2D eigenvalue weighted by atomic mass is 19.2. The van der Waals surface area contributed by atoms with E-state index in [-0.39, 0.29) is 5.56 Å². The average Bonchev–Trinajstić information content (AvgIpc) is 2.66. The van der Waals surface area contributed by atoms with Gasteiger partial charge in [0.15, 0.2) is 17.5 Å². The summed E-state index contributed by atoms with van der Waals surface area (Å²) in [5.74, 6) is -3.89. The molecular formula is C9H5F3N2. The Bertz CT molecular complexity index is 428. The molecule has 2 aromatic rings. The summed E-state index contributed by atoms with van der Waals surface area (Å²) in [6.45, 7) is 0. The van der Waals surface area contributed by atoms with Crippen molar-refractivity contribution in [3.63, 3.8) is 0 Å². The molecular weight excluding hydrogens is 193 g/mol. The molecule has 1 N–H and O–H groups in total. The van der Waals surface area contributed by atoms with Crippen molar-refractivity contribution in [1.82, 2.24) is 9.97 Å². The van der Waals surface area contributed by atoms with E-state index in [1.807, 2.05) is 0 Å². The molecule has 2 rings (SSSR count). The van der Waals surface area contributed by atoms with Crippen LogP contribution in [0.25, 0.3) is 11.3 Å². The number of hydrogen-bond donors (Lipinski definition) is 1. The first-order valence-electron chi connectivity index (χ1n) is 3.82. The molecule has 14 heavy (non-hydrogen) atoms. The van der Waals surface area contributed by atoms with Gasteiger partial charge in [0, 0.05) is 5.56 Å². The lowest BCUT2D eigenvalue weighted by molar-refractivity contribution is 0.447. The molecule has 0 bridgehead atoms. The summed E-state index contributed by atoms with van der Waals surface area (Å²) in [7, 11) is 0. The van der Waals surface area contributed by atoms with E-state index in [0.29, 0.717) is 5.69 Å². The number of aromatic amines is 1. The topological polar surface area (TPSA) is 28.7 Å². The Balaban J connectivity index is 2.57. The lowest BCUT2D eigenvalue weighted by Gasteiger charge is -1.99. The van der Waals surface area contributed by atoms with Crippen LogP contribution in [0.15, 0.2) is 24.7 Å².